The molecule has 0 bridgehead atoms. The fraction of sp³-hybridized carbons (Fsp3) is 0.421. The van der Waals surface area contributed by atoms with Crippen molar-refractivity contribution in [3.8, 4) is 11.1 Å². The molecule has 3 rings (SSSR count). The summed E-state index contributed by atoms with van der Waals surface area (Å²) in [5, 5.41) is 0. The van der Waals surface area contributed by atoms with Gasteiger partial charge in [0.05, 0.1) is 5.60 Å². The lowest BCUT2D eigenvalue weighted by molar-refractivity contribution is -0.0937. The van der Waals surface area contributed by atoms with Gasteiger partial charge in [-0.3, -0.25) is 4.98 Å². The second kappa shape index (κ2) is 5.77. The maximum atomic E-state index is 6.21. The van der Waals surface area contributed by atoms with Crippen LogP contribution in [0.15, 0.2) is 42.7 Å². The highest BCUT2D eigenvalue weighted by atomic mass is 16.6. The molecule has 1 saturated heterocycles. The minimum atomic E-state index is -0.304. The first-order chi connectivity index (χ1) is 10.8. The van der Waals surface area contributed by atoms with Crippen LogP contribution in [-0.2, 0) is 9.31 Å². The van der Waals surface area contributed by atoms with E-state index in [1.54, 1.807) is 0 Å². The maximum absolute atomic E-state index is 6.21. The Hall–Kier alpha value is -1.65. The molecule has 0 aliphatic carbocycles. The lowest BCUT2D eigenvalue weighted by Gasteiger charge is -2.47. The van der Waals surface area contributed by atoms with Gasteiger partial charge in [-0.1, -0.05) is 38.1 Å². The molecule has 0 saturated carbocycles. The van der Waals surface area contributed by atoms with Crippen molar-refractivity contribution >= 4 is 12.6 Å². The van der Waals surface area contributed by atoms with Crippen molar-refractivity contribution in [2.75, 3.05) is 6.61 Å². The zero-order valence-corrected chi connectivity index (χ0v) is 14.6. The molecule has 2 aromatic rings. The average molecular weight is 309 g/mol. The topological polar surface area (TPSA) is 31.4 Å². The molecule has 0 radical (unpaired) electrons. The molecule has 0 amide bonds. The smallest absolute Gasteiger partial charge is 0.407 e. The standard InChI is InChI=1S/C19H24BNO2/c1-14-10-11-21-12-17(14)15-6-8-16(9-7-15)20-22-13-18(2,3)19(4,5)23-20/h6-12H,13H2,1-5H3. The van der Waals surface area contributed by atoms with Gasteiger partial charge in [0, 0.05) is 30.0 Å². The van der Waals surface area contributed by atoms with E-state index in [-0.39, 0.29) is 18.1 Å². The lowest BCUT2D eigenvalue weighted by atomic mass is 9.69. The van der Waals surface area contributed by atoms with Gasteiger partial charge in [0.2, 0.25) is 0 Å². The maximum Gasteiger partial charge on any atom is 0.494 e. The molecular weight excluding hydrogens is 285 g/mol. The summed E-state index contributed by atoms with van der Waals surface area (Å²) in [6.45, 7) is 11.4. The first-order valence-electron chi connectivity index (χ1n) is 8.10. The highest BCUT2D eigenvalue weighted by molar-refractivity contribution is 6.61. The monoisotopic (exact) mass is 309 g/mol. The fourth-order valence-corrected chi connectivity index (χ4v) is 2.67. The Morgan fingerprint density at radius 3 is 2.35 bits per heavy atom. The number of aryl methyl sites for hydroxylation is 1. The molecule has 4 heteroatoms. The summed E-state index contributed by atoms with van der Waals surface area (Å²) in [5.74, 6) is 0. The molecule has 1 fully saturated rings. The van der Waals surface area contributed by atoms with Gasteiger partial charge < -0.3 is 9.31 Å². The van der Waals surface area contributed by atoms with E-state index in [0.29, 0.717) is 6.61 Å². The van der Waals surface area contributed by atoms with Crippen LogP contribution in [0.4, 0.5) is 0 Å². The third kappa shape index (κ3) is 3.06. The van der Waals surface area contributed by atoms with Gasteiger partial charge in [-0.25, -0.2) is 0 Å². The second-order valence-corrected chi connectivity index (χ2v) is 7.47. The van der Waals surface area contributed by atoms with E-state index in [2.05, 4.69) is 63.9 Å². The van der Waals surface area contributed by atoms with Gasteiger partial charge in [-0.15, -0.1) is 0 Å². The van der Waals surface area contributed by atoms with E-state index in [9.17, 15) is 0 Å². The summed E-state index contributed by atoms with van der Waals surface area (Å²) >= 11 is 0. The minimum absolute atomic E-state index is 0.00371. The second-order valence-electron chi connectivity index (χ2n) is 7.47. The van der Waals surface area contributed by atoms with Crippen LogP contribution in [0.2, 0.25) is 0 Å². The molecule has 3 nitrogen and oxygen atoms in total. The van der Waals surface area contributed by atoms with Gasteiger partial charge in [0.1, 0.15) is 0 Å². The molecule has 1 aliphatic rings. The van der Waals surface area contributed by atoms with Crippen LogP contribution in [0.3, 0.4) is 0 Å². The van der Waals surface area contributed by atoms with Gasteiger partial charge in [0.25, 0.3) is 0 Å². The van der Waals surface area contributed by atoms with Crippen molar-refractivity contribution in [1.29, 1.82) is 0 Å². The molecule has 1 aromatic carbocycles. The van der Waals surface area contributed by atoms with E-state index in [1.165, 1.54) is 5.56 Å². The molecule has 0 N–H and O–H groups in total. The summed E-state index contributed by atoms with van der Waals surface area (Å²) in [4.78, 5) is 4.22. The van der Waals surface area contributed by atoms with E-state index in [4.69, 9.17) is 9.31 Å². The Labute approximate surface area is 139 Å². The van der Waals surface area contributed by atoms with Crippen molar-refractivity contribution < 1.29 is 9.31 Å². The van der Waals surface area contributed by atoms with E-state index >= 15 is 0 Å². The van der Waals surface area contributed by atoms with Gasteiger partial charge in [-0.2, -0.15) is 0 Å². The number of rotatable bonds is 2. The van der Waals surface area contributed by atoms with Gasteiger partial charge >= 0.3 is 7.12 Å². The van der Waals surface area contributed by atoms with Crippen molar-refractivity contribution in [1.82, 2.24) is 4.98 Å². The quantitative estimate of drug-likeness (QED) is 0.794. The highest BCUT2D eigenvalue weighted by Crippen LogP contribution is 2.38. The third-order valence-electron chi connectivity index (χ3n) is 5.16. The summed E-state index contributed by atoms with van der Waals surface area (Å²) in [6, 6.07) is 10.4. The van der Waals surface area contributed by atoms with Crippen molar-refractivity contribution in [2.45, 2.75) is 40.2 Å². The third-order valence-corrected chi connectivity index (χ3v) is 5.16. The Morgan fingerprint density at radius 1 is 1.04 bits per heavy atom. The zero-order valence-electron chi connectivity index (χ0n) is 14.6. The Kier molecular flexibility index (Phi) is 4.07. The van der Waals surface area contributed by atoms with Crippen LogP contribution < -0.4 is 5.46 Å². The number of hydrogen-bond donors (Lipinski definition) is 0. The molecule has 23 heavy (non-hydrogen) atoms. The molecule has 1 aliphatic heterocycles. The van der Waals surface area contributed by atoms with Crippen LogP contribution in [0.25, 0.3) is 11.1 Å². The van der Waals surface area contributed by atoms with Gasteiger partial charge in [0.15, 0.2) is 0 Å². The van der Waals surface area contributed by atoms with Crippen molar-refractivity contribution in [3.05, 3.63) is 48.3 Å². The normalized spacial score (nSPS) is 19.6. The molecule has 1 aromatic heterocycles. The molecule has 0 unspecified atom stereocenters. The number of aromatic nitrogens is 1. The minimum Gasteiger partial charge on any atom is -0.407 e. The van der Waals surface area contributed by atoms with Crippen molar-refractivity contribution in [3.63, 3.8) is 0 Å². The van der Waals surface area contributed by atoms with Gasteiger partial charge in [-0.05, 0) is 43.4 Å². The average Bonchev–Trinajstić information content (AvgIpc) is 2.51. The van der Waals surface area contributed by atoms with Crippen LogP contribution in [0, 0.1) is 12.3 Å². The summed E-state index contributed by atoms with van der Waals surface area (Å²) in [6.07, 6.45) is 3.73. The number of nitrogens with zero attached hydrogens (tertiary/aromatic N) is 1. The first kappa shape index (κ1) is 16.2. The summed E-state index contributed by atoms with van der Waals surface area (Å²) in [7, 11) is -0.304. The number of hydrogen-bond acceptors (Lipinski definition) is 3. The molecule has 0 spiro atoms. The predicted octanol–water partition coefficient (Wildman–Crippen LogP) is 3.60. The van der Waals surface area contributed by atoms with E-state index in [0.717, 1.165) is 16.6 Å². The number of benzene rings is 1. The lowest BCUT2D eigenvalue weighted by Crippen LogP contribution is -2.58. The summed E-state index contributed by atoms with van der Waals surface area (Å²) in [5.41, 5.74) is 4.37. The van der Waals surface area contributed by atoms with Crippen LogP contribution in [0.1, 0.15) is 33.3 Å². The molecular formula is C19H24BNO2. The fourth-order valence-electron chi connectivity index (χ4n) is 2.67. The largest absolute Gasteiger partial charge is 0.494 e. The van der Waals surface area contributed by atoms with Crippen LogP contribution in [-0.4, -0.2) is 24.3 Å². The first-order valence-corrected chi connectivity index (χ1v) is 8.10. The van der Waals surface area contributed by atoms with Crippen LogP contribution in [0.5, 0.6) is 0 Å². The Bertz CT molecular complexity index is 695. The predicted molar refractivity (Wildman–Crippen MR) is 94.7 cm³/mol. The summed E-state index contributed by atoms with van der Waals surface area (Å²) < 4.78 is 12.2. The Balaban J connectivity index is 1.82. The number of pyridine rings is 1. The van der Waals surface area contributed by atoms with E-state index < -0.39 is 0 Å². The van der Waals surface area contributed by atoms with E-state index in [1.807, 2.05) is 18.5 Å². The van der Waals surface area contributed by atoms with Crippen LogP contribution >= 0.6 is 0 Å². The van der Waals surface area contributed by atoms with Crippen molar-refractivity contribution in [2.24, 2.45) is 5.41 Å². The Morgan fingerprint density at radius 2 is 1.74 bits per heavy atom. The SMILES string of the molecule is Cc1ccncc1-c1ccc(B2OCC(C)(C)C(C)(C)O2)cc1. The molecule has 0 atom stereocenters. The highest BCUT2D eigenvalue weighted by Gasteiger charge is 2.46. The molecule has 2 heterocycles. The zero-order chi connectivity index (χ0) is 16.7. The molecule has 120 valence electrons.